The number of aromatic nitrogens is 4. The van der Waals surface area contributed by atoms with Crippen molar-refractivity contribution >= 4 is 5.91 Å². The lowest BCUT2D eigenvalue weighted by atomic mass is 9.89. The first-order valence-corrected chi connectivity index (χ1v) is 6.64. The van der Waals surface area contributed by atoms with E-state index >= 15 is 0 Å². The van der Waals surface area contributed by atoms with E-state index in [9.17, 15) is 9.59 Å². The summed E-state index contributed by atoms with van der Waals surface area (Å²) >= 11 is 0. The molecule has 8 nitrogen and oxygen atoms in total. The van der Waals surface area contributed by atoms with E-state index in [-0.39, 0.29) is 11.3 Å². The van der Waals surface area contributed by atoms with Crippen molar-refractivity contribution < 1.29 is 9.32 Å². The molecule has 1 amide bonds. The van der Waals surface area contributed by atoms with Crippen molar-refractivity contribution in [3.05, 3.63) is 33.8 Å². The van der Waals surface area contributed by atoms with Crippen molar-refractivity contribution in [1.29, 1.82) is 0 Å². The number of rotatable bonds is 4. The van der Waals surface area contributed by atoms with Crippen LogP contribution in [0.1, 0.15) is 42.6 Å². The van der Waals surface area contributed by atoms with E-state index in [1.807, 2.05) is 20.8 Å². The van der Waals surface area contributed by atoms with Crippen molar-refractivity contribution in [2.45, 2.75) is 32.6 Å². The molecule has 0 unspecified atom stereocenters. The van der Waals surface area contributed by atoms with Gasteiger partial charge in [0.2, 0.25) is 0 Å². The van der Waals surface area contributed by atoms with Crippen molar-refractivity contribution in [3.8, 4) is 0 Å². The Bertz CT molecular complexity index is 689. The van der Waals surface area contributed by atoms with Crippen molar-refractivity contribution in [2.75, 3.05) is 6.54 Å². The summed E-state index contributed by atoms with van der Waals surface area (Å²) in [5.41, 5.74) is 1.08. The van der Waals surface area contributed by atoms with Crippen LogP contribution in [0, 0.1) is 0 Å². The number of carbonyl (C=O) groups is 1. The van der Waals surface area contributed by atoms with Gasteiger partial charge in [0.25, 0.3) is 5.91 Å². The molecule has 2 aromatic heterocycles. The van der Waals surface area contributed by atoms with E-state index in [0.717, 1.165) is 5.69 Å². The number of nitrogens with one attached hydrogen (secondary N) is 2. The van der Waals surface area contributed by atoms with E-state index in [0.29, 0.717) is 24.4 Å². The molecular formula is C13H19N5O3. The standard InChI is InChI=1S/C13H19N5O3/c1-13(2,3)10-8(7-18(4)16-10)11(19)14-6-5-9-15-12(20)21-17-9/h7H,5-6H2,1-4H3,(H,14,19)(H,15,17,20). The third-order valence-corrected chi connectivity index (χ3v) is 2.92. The van der Waals surface area contributed by atoms with Crippen molar-refractivity contribution in [1.82, 2.24) is 25.2 Å². The SMILES string of the molecule is Cn1cc(C(=O)NCCc2noc(=O)[nH]2)c(C(C)(C)C)n1. The third-order valence-electron chi connectivity index (χ3n) is 2.92. The number of H-pyrrole nitrogens is 1. The predicted molar refractivity (Wildman–Crippen MR) is 75.1 cm³/mol. The first-order chi connectivity index (χ1) is 9.77. The molecule has 0 aliphatic carbocycles. The lowest BCUT2D eigenvalue weighted by Crippen LogP contribution is -2.28. The minimum Gasteiger partial charge on any atom is -0.351 e. The van der Waals surface area contributed by atoms with Crippen molar-refractivity contribution in [3.63, 3.8) is 0 Å². The molecule has 0 spiro atoms. The lowest BCUT2D eigenvalue weighted by molar-refractivity contribution is 0.0951. The molecule has 21 heavy (non-hydrogen) atoms. The second-order valence-electron chi connectivity index (χ2n) is 5.86. The Labute approximate surface area is 121 Å². The molecule has 0 atom stereocenters. The molecule has 2 aromatic rings. The van der Waals surface area contributed by atoms with Gasteiger partial charge in [-0.15, -0.1) is 0 Å². The van der Waals surface area contributed by atoms with Gasteiger partial charge in [-0.1, -0.05) is 25.9 Å². The second-order valence-corrected chi connectivity index (χ2v) is 5.86. The molecule has 0 fully saturated rings. The molecule has 0 bridgehead atoms. The molecule has 0 aliphatic rings. The number of carbonyl (C=O) groups excluding carboxylic acids is 1. The Hall–Kier alpha value is -2.38. The fraction of sp³-hybridized carbons (Fsp3) is 0.538. The van der Waals surface area contributed by atoms with E-state index in [2.05, 4.69) is 25.1 Å². The maximum Gasteiger partial charge on any atom is 0.438 e. The van der Waals surface area contributed by atoms with Gasteiger partial charge in [0, 0.05) is 31.6 Å². The van der Waals surface area contributed by atoms with Crippen LogP contribution in [0.4, 0.5) is 0 Å². The topological polar surface area (TPSA) is 106 Å². The molecular weight excluding hydrogens is 274 g/mol. The molecule has 0 saturated heterocycles. The first-order valence-electron chi connectivity index (χ1n) is 6.64. The Morgan fingerprint density at radius 2 is 2.19 bits per heavy atom. The lowest BCUT2D eigenvalue weighted by Gasteiger charge is -2.17. The van der Waals surface area contributed by atoms with Gasteiger partial charge in [0.15, 0.2) is 5.82 Å². The molecule has 8 heteroatoms. The molecule has 0 aromatic carbocycles. The van der Waals surface area contributed by atoms with Gasteiger partial charge in [0.1, 0.15) is 0 Å². The van der Waals surface area contributed by atoms with Crippen LogP contribution in [0.2, 0.25) is 0 Å². The minimum atomic E-state index is -0.599. The van der Waals surface area contributed by atoms with Gasteiger partial charge in [0.05, 0.1) is 11.3 Å². The number of amides is 1. The maximum atomic E-state index is 12.2. The van der Waals surface area contributed by atoms with Crippen LogP contribution in [0.5, 0.6) is 0 Å². The van der Waals surface area contributed by atoms with Gasteiger partial charge < -0.3 is 5.32 Å². The summed E-state index contributed by atoms with van der Waals surface area (Å²) in [5.74, 6) is -0.389. The number of hydrogen-bond acceptors (Lipinski definition) is 5. The normalized spacial score (nSPS) is 11.6. The highest BCUT2D eigenvalue weighted by molar-refractivity contribution is 5.95. The number of aromatic amines is 1. The highest BCUT2D eigenvalue weighted by Gasteiger charge is 2.25. The Kier molecular flexibility index (Phi) is 3.97. The summed E-state index contributed by atoms with van der Waals surface area (Å²) in [7, 11) is 1.78. The Balaban J connectivity index is 2.02. The molecule has 0 saturated carbocycles. The van der Waals surface area contributed by atoms with E-state index in [1.54, 1.807) is 17.9 Å². The number of hydrogen-bond donors (Lipinski definition) is 2. The highest BCUT2D eigenvalue weighted by atomic mass is 16.5. The van der Waals surface area contributed by atoms with Gasteiger partial charge in [-0.05, 0) is 0 Å². The monoisotopic (exact) mass is 293 g/mol. The molecule has 2 rings (SSSR count). The zero-order valence-electron chi connectivity index (χ0n) is 12.6. The van der Waals surface area contributed by atoms with Crippen LogP contribution in [0.15, 0.2) is 15.5 Å². The van der Waals surface area contributed by atoms with Gasteiger partial charge >= 0.3 is 5.76 Å². The predicted octanol–water partition coefficient (Wildman–Crippen LogP) is 0.366. The van der Waals surface area contributed by atoms with Crippen LogP contribution >= 0.6 is 0 Å². The summed E-state index contributed by atoms with van der Waals surface area (Å²) in [6.07, 6.45) is 2.09. The van der Waals surface area contributed by atoms with Crippen LogP contribution in [-0.4, -0.2) is 32.4 Å². The summed E-state index contributed by atoms with van der Waals surface area (Å²) in [4.78, 5) is 25.5. The fourth-order valence-corrected chi connectivity index (χ4v) is 1.97. The van der Waals surface area contributed by atoms with E-state index in [4.69, 9.17) is 0 Å². The summed E-state index contributed by atoms with van der Waals surface area (Å²) < 4.78 is 6.02. The van der Waals surface area contributed by atoms with Crippen molar-refractivity contribution in [2.24, 2.45) is 7.05 Å². The number of nitrogens with zero attached hydrogens (tertiary/aromatic N) is 3. The van der Waals surface area contributed by atoms with Gasteiger partial charge in [-0.2, -0.15) is 5.10 Å². The van der Waals surface area contributed by atoms with Gasteiger partial charge in [-0.25, -0.2) is 4.79 Å². The smallest absolute Gasteiger partial charge is 0.351 e. The largest absolute Gasteiger partial charge is 0.438 e. The van der Waals surface area contributed by atoms with Crippen LogP contribution in [0.25, 0.3) is 0 Å². The van der Waals surface area contributed by atoms with Crippen LogP contribution in [-0.2, 0) is 18.9 Å². The zero-order valence-corrected chi connectivity index (χ0v) is 12.6. The first kappa shape index (κ1) is 15.0. The third kappa shape index (κ3) is 3.59. The zero-order chi connectivity index (χ0) is 15.6. The summed E-state index contributed by atoms with van der Waals surface area (Å²) in [6.45, 7) is 6.37. The van der Waals surface area contributed by atoms with Crippen LogP contribution < -0.4 is 11.1 Å². The number of aryl methyl sites for hydroxylation is 1. The average Bonchev–Trinajstić information content (AvgIpc) is 2.95. The van der Waals surface area contributed by atoms with E-state index < -0.39 is 5.76 Å². The van der Waals surface area contributed by atoms with Gasteiger partial charge in [-0.3, -0.25) is 19.0 Å². The molecule has 0 aliphatic heterocycles. The molecule has 0 radical (unpaired) electrons. The minimum absolute atomic E-state index is 0.195. The quantitative estimate of drug-likeness (QED) is 0.847. The molecule has 2 heterocycles. The Morgan fingerprint density at radius 1 is 1.48 bits per heavy atom. The summed E-state index contributed by atoms with van der Waals surface area (Å²) in [6, 6.07) is 0. The maximum absolute atomic E-state index is 12.2. The van der Waals surface area contributed by atoms with E-state index in [1.165, 1.54) is 0 Å². The summed E-state index contributed by atoms with van der Waals surface area (Å²) in [5, 5.41) is 10.7. The average molecular weight is 293 g/mol. The fourth-order valence-electron chi connectivity index (χ4n) is 1.97. The van der Waals surface area contributed by atoms with Crippen LogP contribution in [0.3, 0.4) is 0 Å². The Morgan fingerprint density at radius 3 is 2.76 bits per heavy atom. The second kappa shape index (κ2) is 5.55. The molecule has 114 valence electrons. The molecule has 2 N–H and O–H groups in total. The highest BCUT2D eigenvalue weighted by Crippen LogP contribution is 2.23.